The Balaban J connectivity index is 2.21. The van der Waals surface area contributed by atoms with Gasteiger partial charge in [0.1, 0.15) is 0 Å². The smallest absolute Gasteiger partial charge is 0.297 e. The van der Waals surface area contributed by atoms with E-state index in [1.165, 1.54) is 24.3 Å². The van der Waals surface area contributed by atoms with Crippen LogP contribution in [-0.2, 0) is 20.3 Å². The van der Waals surface area contributed by atoms with Gasteiger partial charge in [-0.15, -0.1) is 0 Å². The third kappa shape index (κ3) is 1.95. The lowest BCUT2D eigenvalue weighted by atomic mass is 9.60. The van der Waals surface area contributed by atoms with Gasteiger partial charge in [-0.25, -0.2) is 0 Å². The van der Waals surface area contributed by atoms with Gasteiger partial charge in [-0.3, -0.25) is 4.74 Å². The zero-order chi connectivity index (χ0) is 19.8. The molecule has 1 saturated carbocycles. The van der Waals surface area contributed by atoms with Gasteiger partial charge in [0.05, 0.1) is 0 Å². The van der Waals surface area contributed by atoms with E-state index in [1.54, 1.807) is 6.07 Å². The molecule has 1 aromatic rings. The van der Waals surface area contributed by atoms with E-state index >= 15 is 0 Å². The van der Waals surface area contributed by atoms with Crippen molar-refractivity contribution in [2.24, 2.45) is 16.2 Å². The molecule has 6 heteroatoms. The molecule has 3 nitrogen and oxygen atoms in total. The maximum atomic E-state index is 14.1. The van der Waals surface area contributed by atoms with E-state index in [4.69, 9.17) is 14.5 Å². The lowest BCUT2D eigenvalue weighted by Crippen LogP contribution is -2.51. The van der Waals surface area contributed by atoms with Crippen molar-refractivity contribution in [3.05, 3.63) is 48.0 Å². The van der Waals surface area contributed by atoms with Crippen molar-refractivity contribution < 1.29 is 27.7 Å². The summed E-state index contributed by atoms with van der Waals surface area (Å²) >= 11 is 0. The molecule has 3 rings (SSSR count). The van der Waals surface area contributed by atoms with Gasteiger partial charge < -0.3 is 0 Å². The molecule has 2 aliphatic rings. The first-order valence-corrected chi connectivity index (χ1v) is 8.56. The average Bonchev–Trinajstić information content (AvgIpc) is 3.00. The Morgan fingerprint density at radius 3 is 1.81 bits per heavy atom. The molecule has 1 aliphatic heterocycles. The first-order chi connectivity index (χ1) is 11.7. The highest BCUT2D eigenvalue weighted by molar-refractivity contribution is 5.36. The van der Waals surface area contributed by atoms with Crippen molar-refractivity contribution >= 4 is 0 Å². The molecular weight excluding hydrogens is 345 g/mol. The molecular formula is C20H25F3O3. The largest absolute Gasteiger partial charge is 0.451 e. The summed E-state index contributed by atoms with van der Waals surface area (Å²) in [7, 11) is 0. The Labute approximate surface area is 152 Å². The highest BCUT2D eigenvalue weighted by Crippen LogP contribution is 2.73. The second kappa shape index (κ2) is 5.12. The number of rotatable bonds is 1. The topological polar surface area (TPSA) is 27.7 Å². The number of ether oxygens (including phenoxy) is 1. The van der Waals surface area contributed by atoms with Crippen LogP contribution >= 0.6 is 0 Å². The Morgan fingerprint density at radius 1 is 0.846 bits per heavy atom. The minimum atomic E-state index is -4.84. The van der Waals surface area contributed by atoms with E-state index in [0.717, 1.165) is 0 Å². The van der Waals surface area contributed by atoms with Gasteiger partial charge in [-0.05, 0) is 16.4 Å². The molecule has 0 N–H and O–H groups in total. The summed E-state index contributed by atoms with van der Waals surface area (Å²) in [4.78, 5) is 10.5. The molecule has 26 heavy (non-hydrogen) atoms. The quantitative estimate of drug-likeness (QED) is 0.467. The number of benzene rings is 1. The van der Waals surface area contributed by atoms with Crippen LogP contribution in [0, 0.1) is 16.2 Å². The van der Waals surface area contributed by atoms with E-state index in [1.807, 2.05) is 41.5 Å². The molecule has 0 bridgehead atoms. The monoisotopic (exact) mass is 370 g/mol. The van der Waals surface area contributed by atoms with Gasteiger partial charge in [0.2, 0.25) is 5.79 Å². The van der Waals surface area contributed by atoms with Gasteiger partial charge >= 0.3 is 12.0 Å². The summed E-state index contributed by atoms with van der Waals surface area (Å²) in [5.41, 5.74) is -1.60. The first-order valence-electron chi connectivity index (χ1n) is 8.56. The standard InChI is InChI=1S/C20H25F3O3/c1-13-15(2,3)16(4,5)17(6,7)18(13)24-19(26-25-18,20(21,22)23)14-11-9-8-10-12-14/h8-12H,1H2,2-7H3. The van der Waals surface area contributed by atoms with Gasteiger partial charge in [-0.1, -0.05) is 78.5 Å². The summed E-state index contributed by atoms with van der Waals surface area (Å²) in [5.74, 6) is -4.74. The van der Waals surface area contributed by atoms with Gasteiger partial charge in [-0.2, -0.15) is 22.9 Å². The molecule has 1 aliphatic carbocycles. The Bertz CT molecular complexity index is 736. The summed E-state index contributed by atoms with van der Waals surface area (Å²) in [6.45, 7) is 15.6. The minimum Gasteiger partial charge on any atom is -0.297 e. The Morgan fingerprint density at radius 2 is 1.38 bits per heavy atom. The maximum absolute atomic E-state index is 14.1. The van der Waals surface area contributed by atoms with E-state index in [2.05, 4.69) is 6.58 Å². The van der Waals surface area contributed by atoms with Crippen LogP contribution in [0.25, 0.3) is 0 Å². The second-order valence-corrected chi connectivity index (χ2v) is 8.72. The number of alkyl halides is 3. The summed E-state index contributed by atoms with van der Waals surface area (Å²) < 4.78 is 48.2. The first kappa shape index (κ1) is 19.4. The molecule has 144 valence electrons. The van der Waals surface area contributed by atoms with Crippen LogP contribution in [0.15, 0.2) is 42.5 Å². The summed E-state index contributed by atoms with van der Waals surface area (Å²) in [6, 6.07) is 7.27. The predicted octanol–water partition coefficient (Wildman–Crippen LogP) is 5.72. The van der Waals surface area contributed by atoms with Crippen molar-refractivity contribution in [1.82, 2.24) is 0 Å². The molecule has 0 amide bonds. The van der Waals surface area contributed by atoms with Gasteiger partial charge in [0.25, 0.3) is 0 Å². The second-order valence-electron chi connectivity index (χ2n) is 8.72. The molecule has 1 saturated heterocycles. The zero-order valence-corrected chi connectivity index (χ0v) is 16.0. The van der Waals surface area contributed by atoms with Crippen LogP contribution in [-0.4, -0.2) is 12.0 Å². The highest BCUT2D eigenvalue weighted by atomic mass is 19.4. The Hall–Kier alpha value is -1.37. The zero-order valence-electron chi connectivity index (χ0n) is 16.0. The fraction of sp³-hybridized carbons (Fsp3) is 0.600. The SMILES string of the molecule is C=C1C(C)(C)C(C)(C)C(C)(C)C12OOC(c1ccccc1)(C(F)(F)F)O2. The lowest BCUT2D eigenvalue weighted by Gasteiger charge is -2.45. The molecule has 1 aromatic carbocycles. The van der Waals surface area contributed by atoms with Gasteiger partial charge in [0, 0.05) is 11.0 Å². The van der Waals surface area contributed by atoms with Crippen LogP contribution < -0.4 is 0 Å². The molecule has 2 unspecified atom stereocenters. The Kier molecular flexibility index (Phi) is 3.82. The van der Waals surface area contributed by atoms with Crippen LogP contribution in [0.1, 0.15) is 47.1 Å². The number of halogens is 3. The summed E-state index contributed by atoms with van der Waals surface area (Å²) in [5, 5.41) is 0. The van der Waals surface area contributed by atoms with E-state index in [0.29, 0.717) is 5.57 Å². The van der Waals surface area contributed by atoms with Gasteiger partial charge in [0.15, 0.2) is 0 Å². The molecule has 2 fully saturated rings. The minimum absolute atomic E-state index is 0.171. The van der Waals surface area contributed by atoms with Crippen LogP contribution in [0.3, 0.4) is 0 Å². The van der Waals surface area contributed by atoms with Crippen LogP contribution in [0.4, 0.5) is 13.2 Å². The van der Waals surface area contributed by atoms with E-state index in [9.17, 15) is 13.2 Å². The maximum Gasteiger partial charge on any atom is 0.451 e. The van der Waals surface area contributed by atoms with Crippen molar-refractivity contribution in [3.63, 3.8) is 0 Å². The van der Waals surface area contributed by atoms with Crippen molar-refractivity contribution in [3.8, 4) is 0 Å². The average molecular weight is 370 g/mol. The summed E-state index contributed by atoms with van der Waals surface area (Å²) in [6.07, 6.45) is -4.84. The molecule has 0 radical (unpaired) electrons. The lowest BCUT2D eigenvalue weighted by molar-refractivity contribution is -0.422. The molecule has 0 aromatic heterocycles. The fourth-order valence-electron chi connectivity index (χ4n) is 4.09. The van der Waals surface area contributed by atoms with E-state index in [-0.39, 0.29) is 5.56 Å². The highest BCUT2D eigenvalue weighted by Gasteiger charge is 2.79. The number of hydrogen-bond acceptors (Lipinski definition) is 3. The molecule has 2 atom stereocenters. The van der Waals surface area contributed by atoms with Crippen LogP contribution in [0.2, 0.25) is 0 Å². The molecule has 1 heterocycles. The third-order valence-corrected chi connectivity index (χ3v) is 7.19. The van der Waals surface area contributed by atoms with Crippen molar-refractivity contribution in [1.29, 1.82) is 0 Å². The van der Waals surface area contributed by atoms with E-state index < -0.39 is 34.0 Å². The van der Waals surface area contributed by atoms with Crippen molar-refractivity contribution in [2.75, 3.05) is 0 Å². The molecule has 1 spiro atoms. The fourth-order valence-corrected chi connectivity index (χ4v) is 4.09. The number of hydrogen-bond donors (Lipinski definition) is 0. The normalized spacial score (nSPS) is 35.2. The third-order valence-electron chi connectivity index (χ3n) is 7.19. The van der Waals surface area contributed by atoms with Crippen LogP contribution in [0.5, 0.6) is 0 Å². The predicted molar refractivity (Wildman–Crippen MR) is 90.6 cm³/mol. The van der Waals surface area contributed by atoms with Crippen molar-refractivity contribution in [2.45, 2.75) is 59.3 Å².